The van der Waals surface area contributed by atoms with Crippen LogP contribution in [0.15, 0.2) is 0 Å². The van der Waals surface area contributed by atoms with Gasteiger partial charge in [-0.3, -0.25) is 4.79 Å². The molecule has 0 atom stereocenters. The quantitative estimate of drug-likeness (QED) is 0.806. The van der Waals surface area contributed by atoms with Gasteiger partial charge in [-0.05, 0) is 7.05 Å². The number of hydrogen-bond donors (Lipinski definition) is 1. The Hall–Kier alpha value is -1.78. The number of rotatable bonds is 3. The molecule has 1 aliphatic rings. The van der Waals surface area contributed by atoms with Crippen molar-refractivity contribution in [1.82, 2.24) is 14.8 Å². The van der Waals surface area contributed by atoms with Crippen molar-refractivity contribution in [2.75, 3.05) is 57.5 Å². The van der Waals surface area contributed by atoms with E-state index in [0.29, 0.717) is 4.88 Å². The molecule has 0 unspecified atom stereocenters. The lowest BCUT2D eigenvalue weighted by Crippen LogP contribution is -2.44. The molecule has 1 saturated heterocycles. The molecule has 0 aromatic carbocycles. The average Bonchev–Trinajstić information content (AvgIpc) is 2.81. The highest BCUT2D eigenvalue weighted by Gasteiger charge is 2.23. The van der Waals surface area contributed by atoms with E-state index in [-0.39, 0.29) is 18.3 Å². The summed E-state index contributed by atoms with van der Waals surface area (Å²) in [5.74, 6) is 2.57. The van der Waals surface area contributed by atoms with E-state index >= 15 is 0 Å². The number of anilines is 2. The highest BCUT2D eigenvalue weighted by Crippen LogP contribution is 2.29. The number of carbonyl (C=O) groups is 1. The van der Waals surface area contributed by atoms with Gasteiger partial charge in [0.1, 0.15) is 10.7 Å². The van der Waals surface area contributed by atoms with E-state index in [0.717, 1.165) is 31.3 Å². The Labute approximate surface area is 123 Å². The van der Waals surface area contributed by atoms with Crippen LogP contribution < -0.4 is 10.6 Å². The highest BCUT2D eigenvalue weighted by atomic mass is 32.1. The van der Waals surface area contributed by atoms with Crippen LogP contribution in [0.4, 0.5) is 10.9 Å². The van der Waals surface area contributed by atoms with Crippen LogP contribution in [0.2, 0.25) is 0 Å². The number of nitrogens with zero attached hydrogens (tertiary/aromatic N) is 4. The van der Waals surface area contributed by atoms with Crippen molar-refractivity contribution < 1.29 is 4.79 Å². The average molecular weight is 293 g/mol. The molecule has 1 aromatic rings. The van der Waals surface area contributed by atoms with Gasteiger partial charge in [-0.2, -0.15) is 0 Å². The molecule has 20 heavy (non-hydrogen) atoms. The minimum Gasteiger partial charge on any atom is -0.382 e. The van der Waals surface area contributed by atoms with Crippen molar-refractivity contribution >= 4 is 28.2 Å². The van der Waals surface area contributed by atoms with Crippen LogP contribution in [0.25, 0.3) is 0 Å². The van der Waals surface area contributed by atoms with Crippen molar-refractivity contribution in [3.05, 3.63) is 4.88 Å². The van der Waals surface area contributed by atoms with Crippen LogP contribution in [0.1, 0.15) is 9.67 Å². The normalized spacial score (nSPS) is 15.9. The summed E-state index contributed by atoms with van der Waals surface area (Å²) < 4.78 is 0. The molecule has 2 rings (SSSR count). The van der Waals surface area contributed by atoms with Gasteiger partial charge in [0, 0.05) is 33.2 Å². The van der Waals surface area contributed by atoms with E-state index in [1.54, 1.807) is 7.05 Å². The molecular weight excluding hydrogens is 274 g/mol. The number of piperazine rings is 1. The van der Waals surface area contributed by atoms with Gasteiger partial charge in [0.25, 0.3) is 5.91 Å². The number of hydrogen-bond acceptors (Lipinski definition) is 6. The number of aromatic nitrogens is 1. The third-order valence-electron chi connectivity index (χ3n) is 3.29. The Morgan fingerprint density at radius 3 is 2.75 bits per heavy atom. The summed E-state index contributed by atoms with van der Waals surface area (Å²) in [4.78, 5) is 22.9. The summed E-state index contributed by atoms with van der Waals surface area (Å²) in [6.07, 6.45) is 5.22. The molecule has 108 valence electrons. The van der Waals surface area contributed by atoms with Crippen LogP contribution >= 0.6 is 11.3 Å². The molecule has 0 aliphatic carbocycles. The summed E-state index contributed by atoms with van der Waals surface area (Å²) >= 11 is 1.34. The predicted molar refractivity (Wildman–Crippen MR) is 82.0 cm³/mol. The summed E-state index contributed by atoms with van der Waals surface area (Å²) in [6.45, 7) is 4.04. The van der Waals surface area contributed by atoms with Crippen LogP contribution in [0.3, 0.4) is 0 Å². The Morgan fingerprint density at radius 1 is 1.50 bits per heavy atom. The summed E-state index contributed by atoms with van der Waals surface area (Å²) in [5.41, 5.74) is 5.87. The summed E-state index contributed by atoms with van der Waals surface area (Å²) in [5, 5.41) is 0.813. The molecule has 1 aliphatic heterocycles. The first-order chi connectivity index (χ1) is 9.52. The molecule has 2 N–H and O–H groups in total. The molecule has 0 bridgehead atoms. The van der Waals surface area contributed by atoms with Gasteiger partial charge in [0.15, 0.2) is 5.13 Å². The van der Waals surface area contributed by atoms with E-state index < -0.39 is 0 Å². The smallest absolute Gasteiger partial charge is 0.268 e. The monoisotopic (exact) mass is 293 g/mol. The minimum atomic E-state index is -0.168. The van der Waals surface area contributed by atoms with Crippen LogP contribution in [-0.2, 0) is 0 Å². The maximum absolute atomic E-state index is 12.2. The molecule has 0 saturated carbocycles. The maximum atomic E-state index is 12.2. The molecule has 7 heteroatoms. The summed E-state index contributed by atoms with van der Waals surface area (Å²) in [7, 11) is 3.76. The number of nitrogens with two attached hydrogens (primary N) is 1. The zero-order valence-electron chi connectivity index (χ0n) is 11.8. The number of thiazole rings is 1. The van der Waals surface area contributed by atoms with Gasteiger partial charge < -0.3 is 20.4 Å². The first-order valence-corrected chi connectivity index (χ1v) is 7.23. The predicted octanol–water partition coefficient (Wildman–Crippen LogP) is 0.182. The molecule has 2 heterocycles. The van der Waals surface area contributed by atoms with Gasteiger partial charge in [-0.25, -0.2) is 4.98 Å². The van der Waals surface area contributed by atoms with Crippen LogP contribution in [0, 0.1) is 12.3 Å². The molecule has 0 radical (unpaired) electrons. The van der Waals surface area contributed by atoms with Crippen LogP contribution in [-0.4, -0.2) is 67.5 Å². The zero-order valence-corrected chi connectivity index (χ0v) is 12.6. The molecular formula is C13H19N5OS. The molecule has 1 amide bonds. The zero-order chi connectivity index (χ0) is 14.7. The van der Waals surface area contributed by atoms with E-state index in [9.17, 15) is 4.79 Å². The Kier molecular flexibility index (Phi) is 4.47. The maximum Gasteiger partial charge on any atom is 0.268 e. The number of nitrogen functional groups attached to an aromatic ring is 1. The lowest BCUT2D eigenvalue weighted by Gasteiger charge is -2.32. The number of amides is 1. The lowest BCUT2D eigenvalue weighted by atomic mass is 10.3. The van der Waals surface area contributed by atoms with Gasteiger partial charge in [-0.1, -0.05) is 17.3 Å². The van der Waals surface area contributed by atoms with Crippen molar-refractivity contribution in [2.24, 2.45) is 0 Å². The van der Waals surface area contributed by atoms with Gasteiger partial charge in [0.2, 0.25) is 0 Å². The summed E-state index contributed by atoms with van der Waals surface area (Å²) in [6, 6.07) is 0. The lowest BCUT2D eigenvalue weighted by molar-refractivity contribution is 0.0818. The van der Waals surface area contributed by atoms with E-state index in [1.807, 2.05) is 0 Å². The largest absolute Gasteiger partial charge is 0.382 e. The van der Waals surface area contributed by atoms with Gasteiger partial charge in [-0.15, -0.1) is 6.42 Å². The van der Waals surface area contributed by atoms with Crippen molar-refractivity contribution in [3.63, 3.8) is 0 Å². The van der Waals surface area contributed by atoms with Crippen LogP contribution in [0.5, 0.6) is 0 Å². The van der Waals surface area contributed by atoms with E-state index in [1.165, 1.54) is 16.2 Å². The second kappa shape index (κ2) is 6.11. The first-order valence-electron chi connectivity index (χ1n) is 6.41. The Morgan fingerprint density at radius 2 is 2.15 bits per heavy atom. The minimum absolute atomic E-state index is 0.168. The Bertz CT molecular complexity index is 527. The Balaban J connectivity index is 2.13. The van der Waals surface area contributed by atoms with Gasteiger partial charge in [0.05, 0.1) is 6.54 Å². The highest BCUT2D eigenvalue weighted by molar-refractivity contribution is 7.18. The fourth-order valence-corrected chi connectivity index (χ4v) is 3.02. The van der Waals surface area contributed by atoms with Crippen molar-refractivity contribution in [2.45, 2.75) is 0 Å². The van der Waals surface area contributed by atoms with E-state index in [4.69, 9.17) is 12.2 Å². The second-order valence-electron chi connectivity index (χ2n) is 4.87. The fourth-order valence-electron chi connectivity index (χ4n) is 1.99. The number of carbonyl (C=O) groups excluding carboxylic acids is 1. The van der Waals surface area contributed by atoms with Crippen molar-refractivity contribution in [3.8, 4) is 12.3 Å². The molecule has 1 fully saturated rings. The SMILES string of the molecule is C#CCN(C)C(=O)c1sc(N2CCN(C)CC2)nc1N. The topological polar surface area (TPSA) is 65.7 Å². The van der Waals surface area contributed by atoms with Crippen molar-refractivity contribution in [1.29, 1.82) is 0 Å². The van der Waals surface area contributed by atoms with E-state index in [2.05, 4.69) is 27.8 Å². The second-order valence-corrected chi connectivity index (χ2v) is 5.84. The molecule has 0 spiro atoms. The standard InChI is InChI=1S/C13H19N5OS/c1-4-5-17(3)12(19)10-11(14)15-13(20-10)18-8-6-16(2)7-9-18/h1H,5-9,14H2,2-3H3. The number of likely N-dealkylation sites (N-methyl/N-ethyl adjacent to an activating group) is 1. The third kappa shape index (κ3) is 3.03. The fraction of sp³-hybridized carbons (Fsp3) is 0.538. The molecule has 6 nitrogen and oxygen atoms in total. The van der Waals surface area contributed by atoms with Gasteiger partial charge >= 0.3 is 0 Å². The number of terminal acetylenes is 1. The molecule has 1 aromatic heterocycles. The third-order valence-corrected chi connectivity index (χ3v) is 4.41. The first kappa shape index (κ1) is 14.6.